The quantitative estimate of drug-likeness (QED) is 0.364. The Labute approximate surface area is 197 Å². The Morgan fingerprint density at radius 3 is 2.61 bits per heavy atom. The Kier molecular flexibility index (Phi) is 7.24. The summed E-state index contributed by atoms with van der Waals surface area (Å²) in [7, 11) is 0. The van der Waals surface area contributed by atoms with Gasteiger partial charge in [0, 0.05) is 17.8 Å². The van der Waals surface area contributed by atoms with Gasteiger partial charge in [0.05, 0.1) is 0 Å². The molecule has 1 aliphatic rings. The van der Waals surface area contributed by atoms with Gasteiger partial charge in [-0.25, -0.2) is 0 Å². The summed E-state index contributed by atoms with van der Waals surface area (Å²) in [6.45, 7) is 5.37. The van der Waals surface area contributed by atoms with Crippen molar-refractivity contribution in [2.24, 2.45) is 5.73 Å². The van der Waals surface area contributed by atoms with Crippen LogP contribution in [0.3, 0.4) is 0 Å². The molecule has 0 bridgehead atoms. The van der Waals surface area contributed by atoms with Crippen molar-refractivity contribution in [3.63, 3.8) is 0 Å². The zero-order chi connectivity index (χ0) is 23.3. The molecule has 174 valence electrons. The number of fused-ring (bicyclic) bond motifs is 1. The number of nitrogens with one attached hydrogen (secondary N) is 1. The standard InChI is InChI=1S/C29H36N2O2/c1-29(2,30)20-33-26-15-9-21(10-16-26)6-5-17-31-28-8-4-3-7-27(28)24-12-11-23-19-25(32)14-13-22(23)18-24/h3-4,7-10,13-16,19,24,31-32H,5-6,11-12,17-18,20,30H2,1-2H3/t24-/m1/s1. The second-order valence-corrected chi connectivity index (χ2v) is 9.93. The third-order valence-electron chi connectivity index (χ3n) is 6.31. The van der Waals surface area contributed by atoms with Crippen LogP contribution in [0.25, 0.3) is 0 Å². The fourth-order valence-electron chi connectivity index (χ4n) is 4.56. The minimum atomic E-state index is -0.329. The molecule has 0 amide bonds. The van der Waals surface area contributed by atoms with Gasteiger partial charge < -0.3 is 20.9 Å². The molecule has 3 aromatic carbocycles. The van der Waals surface area contributed by atoms with E-state index in [1.165, 1.54) is 27.9 Å². The molecule has 0 unspecified atom stereocenters. The number of hydrogen-bond acceptors (Lipinski definition) is 4. The molecule has 1 atom stereocenters. The molecule has 33 heavy (non-hydrogen) atoms. The second kappa shape index (κ2) is 10.3. The number of aromatic hydroxyl groups is 1. The molecule has 0 heterocycles. The van der Waals surface area contributed by atoms with Crippen LogP contribution < -0.4 is 15.8 Å². The predicted octanol–water partition coefficient (Wildman–Crippen LogP) is 5.83. The normalized spacial score (nSPS) is 15.7. The van der Waals surface area contributed by atoms with Crippen molar-refractivity contribution in [1.29, 1.82) is 0 Å². The van der Waals surface area contributed by atoms with Gasteiger partial charge in [0.15, 0.2) is 0 Å². The van der Waals surface area contributed by atoms with E-state index in [4.69, 9.17) is 10.5 Å². The molecule has 0 radical (unpaired) electrons. The summed E-state index contributed by atoms with van der Waals surface area (Å²) < 4.78 is 5.76. The lowest BCUT2D eigenvalue weighted by Gasteiger charge is -2.27. The maximum absolute atomic E-state index is 9.76. The number of rotatable bonds is 9. The lowest BCUT2D eigenvalue weighted by Crippen LogP contribution is -2.38. The van der Waals surface area contributed by atoms with Crippen molar-refractivity contribution in [3.8, 4) is 11.5 Å². The summed E-state index contributed by atoms with van der Waals surface area (Å²) in [6.07, 6.45) is 5.26. The fourth-order valence-corrected chi connectivity index (χ4v) is 4.56. The Hall–Kier alpha value is -2.98. The Balaban J connectivity index is 1.29. The maximum Gasteiger partial charge on any atom is 0.119 e. The SMILES string of the molecule is CC(C)(N)COc1ccc(CCCNc2ccccc2[C@@H]2CCc3cc(O)ccc3C2)cc1. The van der Waals surface area contributed by atoms with Crippen molar-refractivity contribution >= 4 is 5.69 Å². The molecule has 0 saturated carbocycles. The summed E-state index contributed by atoms with van der Waals surface area (Å²) in [5, 5.41) is 13.4. The fraction of sp³-hybridized carbons (Fsp3) is 0.379. The van der Waals surface area contributed by atoms with Gasteiger partial charge in [0.2, 0.25) is 0 Å². The molecular formula is C29H36N2O2. The Morgan fingerprint density at radius 2 is 1.82 bits per heavy atom. The van der Waals surface area contributed by atoms with Crippen molar-refractivity contribution in [2.45, 2.75) is 57.4 Å². The van der Waals surface area contributed by atoms with Crippen LogP contribution in [-0.4, -0.2) is 23.8 Å². The van der Waals surface area contributed by atoms with Gasteiger partial charge in [-0.2, -0.15) is 0 Å². The molecule has 0 aromatic heterocycles. The van der Waals surface area contributed by atoms with Gasteiger partial charge >= 0.3 is 0 Å². The van der Waals surface area contributed by atoms with Crippen LogP contribution in [0, 0.1) is 0 Å². The summed E-state index contributed by atoms with van der Waals surface area (Å²) in [6, 6.07) is 22.9. The highest BCUT2D eigenvalue weighted by molar-refractivity contribution is 5.54. The number of aryl methyl sites for hydroxylation is 2. The first-order chi connectivity index (χ1) is 15.9. The predicted molar refractivity (Wildman–Crippen MR) is 136 cm³/mol. The van der Waals surface area contributed by atoms with E-state index in [-0.39, 0.29) is 5.54 Å². The first kappa shape index (κ1) is 23.2. The smallest absolute Gasteiger partial charge is 0.119 e. The number of phenols is 1. The van der Waals surface area contributed by atoms with Gasteiger partial charge in [-0.05, 0) is 104 Å². The van der Waals surface area contributed by atoms with E-state index in [2.05, 4.69) is 47.8 Å². The molecule has 0 saturated heterocycles. The minimum Gasteiger partial charge on any atom is -0.508 e. The number of anilines is 1. The Morgan fingerprint density at radius 1 is 1.03 bits per heavy atom. The van der Waals surface area contributed by atoms with Gasteiger partial charge in [-0.3, -0.25) is 0 Å². The van der Waals surface area contributed by atoms with Crippen molar-refractivity contribution in [3.05, 3.63) is 89.0 Å². The third-order valence-corrected chi connectivity index (χ3v) is 6.31. The molecule has 0 spiro atoms. The largest absolute Gasteiger partial charge is 0.508 e. The van der Waals surface area contributed by atoms with Crippen LogP contribution >= 0.6 is 0 Å². The van der Waals surface area contributed by atoms with Crippen LogP contribution in [0.5, 0.6) is 11.5 Å². The number of ether oxygens (including phenoxy) is 1. The third kappa shape index (κ3) is 6.52. The highest BCUT2D eigenvalue weighted by Gasteiger charge is 2.22. The molecule has 4 N–H and O–H groups in total. The summed E-state index contributed by atoms with van der Waals surface area (Å²) in [4.78, 5) is 0. The van der Waals surface area contributed by atoms with Gasteiger partial charge in [-0.15, -0.1) is 0 Å². The Bertz CT molecular complexity index is 1050. The molecule has 3 aromatic rings. The number of para-hydroxylation sites is 1. The highest BCUT2D eigenvalue weighted by atomic mass is 16.5. The second-order valence-electron chi connectivity index (χ2n) is 9.93. The van der Waals surface area contributed by atoms with E-state index in [0.29, 0.717) is 18.3 Å². The molecule has 0 fully saturated rings. The van der Waals surface area contributed by atoms with Crippen LogP contribution in [-0.2, 0) is 19.3 Å². The topological polar surface area (TPSA) is 67.5 Å². The van der Waals surface area contributed by atoms with Gasteiger partial charge in [0.25, 0.3) is 0 Å². The number of nitrogens with two attached hydrogens (primary N) is 1. The molecule has 4 heteroatoms. The summed E-state index contributed by atoms with van der Waals surface area (Å²) >= 11 is 0. The van der Waals surface area contributed by atoms with E-state index < -0.39 is 0 Å². The van der Waals surface area contributed by atoms with E-state index in [1.807, 2.05) is 38.1 Å². The number of benzene rings is 3. The molecule has 1 aliphatic carbocycles. The van der Waals surface area contributed by atoms with Crippen LogP contribution in [0.1, 0.15) is 54.9 Å². The van der Waals surface area contributed by atoms with E-state index in [0.717, 1.165) is 44.4 Å². The highest BCUT2D eigenvalue weighted by Crippen LogP contribution is 2.37. The number of hydrogen-bond donors (Lipinski definition) is 3. The number of phenolic OH excluding ortho intramolecular Hbond substituents is 1. The lowest BCUT2D eigenvalue weighted by atomic mass is 9.79. The van der Waals surface area contributed by atoms with E-state index >= 15 is 0 Å². The van der Waals surface area contributed by atoms with E-state index in [9.17, 15) is 5.11 Å². The molecular weight excluding hydrogens is 408 g/mol. The van der Waals surface area contributed by atoms with Gasteiger partial charge in [0.1, 0.15) is 18.1 Å². The molecule has 4 rings (SSSR count). The van der Waals surface area contributed by atoms with E-state index in [1.54, 1.807) is 0 Å². The monoisotopic (exact) mass is 444 g/mol. The zero-order valence-corrected chi connectivity index (χ0v) is 19.8. The summed E-state index contributed by atoms with van der Waals surface area (Å²) in [5.41, 5.74) is 12.3. The van der Waals surface area contributed by atoms with Crippen LogP contribution in [0.4, 0.5) is 5.69 Å². The lowest BCUT2D eigenvalue weighted by molar-refractivity contribution is 0.243. The molecule has 0 aliphatic heterocycles. The van der Waals surface area contributed by atoms with Gasteiger partial charge in [-0.1, -0.05) is 36.4 Å². The first-order valence-electron chi connectivity index (χ1n) is 12.0. The first-order valence-corrected chi connectivity index (χ1v) is 12.0. The zero-order valence-electron chi connectivity index (χ0n) is 19.8. The van der Waals surface area contributed by atoms with Crippen LogP contribution in [0.2, 0.25) is 0 Å². The molecule has 4 nitrogen and oxygen atoms in total. The van der Waals surface area contributed by atoms with Crippen molar-refractivity contribution in [2.75, 3.05) is 18.5 Å². The average Bonchev–Trinajstić information content (AvgIpc) is 2.81. The minimum absolute atomic E-state index is 0.329. The van der Waals surface area contributed by atoms with Crippen molar-refractivity contribution in [1.82, 2.24) is 0 Å². The van der Waals surface area contributed by atoms with Crippen LogP contribution in [0.15, 0.2) is 66.7 Å². The summed E-state index contributed by atoms with van der Waals surface area (Å²) in [5.74, 6) is 1.75. The average molecular weight is 445 g/mol. The maximum atomic E-state index is 9.76. The van der Waals surface area contributed by atoms with Crippen molar-refractivity contribution < 1.29 is 9.84 Å².